The minimum Gasteiger partial charge on any atom is -0.481 e. The molecule has 8 rings (SSSR count). The summed E-state index contributed by atoms with van der Waals surface area (Å²) in [6.07, 6.45) is 3.87. The number of methoxy groups -OCH3 is 1. The van der Waals surface area contributed by atoms with E-state index in [1.807, 2.05) is 7.05 Å². The van der Waals surface area contributed by atoms with Gasteiger partial charge in [-0.2, -0.15) is 0 Å². The summed E-state index contributed by atoms with van der Waals surface area (Å²) < 4.78 is 18.2. The monoisotopic (exact) mass is 827 g/mol. The van der Waals surface area contributed by atoms with Gasteiger partial charge >= 0.3 is 11.9 Å². The Hall–Kier alpha value is -2.23. The topological polar surface area (TPSA) is 212 Å². The maximum Gasteiger partial charge on any atom is 0.335 e. The molecule has 1 saturated heterocycles. The molecule has 1 heterocycles. The minimum atomic E-state index is -1.81. The van der Waals surface area contributed by atoms with Gasteiger partial charge in [0.15, 0.2) is 12.4 Å². The summed E-state index contributed by atoms with van der Waals surface area (Å²) in [5.74, 6) is -2.08. The molecule has 13 heteroatoms. The van der Waals surface area contributed by atoms with Crippen molar-refractivity contribution >= 4 is 18.2 Å². The molecule has 19 atom stereocenters. The van der Waals surface area contributed by atoms with Crippen LogP contribution in [0.4, 0.5) is 0 Å². The molecule has 0 aromatic carbocycles. The lowest BCUT2D eigenvalue weighted by molar-refractivity contribution is -0.336. The molecule has 0 aromatic heterocycles. The zero-order chi connectivity index (χ0) is 42.9. The van der Waals surface area contributed by atoms with Crippen LogP contribution in [0.15, 0.2) is 23.8 Å². The zero-order valence-electron chi connectivity index (χ0n) is 35.9. The first-order valence-electron chi connectivity index (χ1n) is 22.2. The summed E-state index contributed by atoms with van der Waals surface area (Å²) in [4.78, 5) is 38.8. The first kappa shape index (κ1) is 43.4. The number of hydrogen-bond acceptors (Lipinski definition) is 11. The van der Waals surface area contributed by atoms with E-state index in [1.165, 1.54) is 0 Å². The molecule has 0 amide bonds. The van der Waals surface area contributed by atoms with E-state index in [1.54, 1.807) is 7.11 Å². The van der Waals surface area contributed by atoms with Gasteiger partial charge in [-0.1, -0.05) is 58.4 Å². The molecule has 1 aliphatic heterocycles. The van der Waals surface area contributed by atoms with Gasteiger partial charge in [-0.05, 0) is 128 Å². The first-order chi connectivity index (χ1) is 27.7. The highest BCUT2D eigenvalue weighted by Gasteiger charge is 2.80. The Morgan fingerprint density at radius 3 is 2.37 bits per heavy atom. The average Bonchev–Trinajstić information content (AvgIpc) is 3.16. The smallest absolute Gasteiger partial charge is 0.335 e. The molecule has 2 bridgehead atoms. The Morgan fingerprint density at radius 1 is 1.00 bits per heavy atom. The molecule has 59 heavy (non-hydrogen) atoms. The number of carboxylic acid groups (broad SMARTS) is 2. The maximum absolute atomic E-state index is 14.2. The molecule has 7 aliphatic carbocycles. The molecule has 6 fully saturated rings. The largest absolute Gasteiger partial charge is 0.481 e. The molecule has 19 unspecified atom stereocenters. The first-order valence-corrected chi connectivity index (χ1v) is 22.2. The van der Waals surface area contributed by atoms with Gasteiger partial charge in [0, 0.05) is 19.4 Å². The number of carbonyl (C=O) groups is 3. The average molecular weight is 828 g/mol. The van der Waals surface area contributed by atoms with Gasteiger partial charge in [0.2, 0.25) is 0 Å². The van der Waals surface area contributed by atoms with Crippen molar-refractivity contribution in [3.63, 3.8) is 0 Å². The molecule has 8 aliphatic rings. The molecular weight excluding hydrogens is 759 g/mol. The lowest BCUT2D eigenvalue weighted by atomic mass is 9.25. The standard InChI is InChI=1S/C46H69NO12/c1-40(2)28-10-14-42(4)35-24(18-25(22-47-6)27(43(28,35)5)20-30(40)58-37-33(51)31(49)32(50)34(59-37)36(52)53)19-29-44(42,12-9-17-48)15-16-45(39(55)56)26(23-57-7)21-41(3)11-8-13-46(29,45)38(41)54/h8,13,17,19,24-28,30-35,37-38,47,49-51,54H,9-12,14-16,18,20-23H2,1-7H3,(H,52,53)(H,55,56). The number of ether oxygens (including phenoxy) is 3. The zero-order valence-corrected chi connectivity index (χ0v) is 35.9. The van der Waals surface area contributed by atoms with E-state index in [4.69, 9.17) is 14.2 Å². The van der Waals surface area contributed by atoms with Gasteiger partial charge in [-0.15, -0.1) is 0 Å². The minimum absolute atomic E-state index is 0.0574. The summed E-state index contributed by atoms with van der Waals surface area (Å²) >= 11 is 0. The van der Waals surface area contributed by atoms with Crippen LogP contribution in [0.5, 0.6) is 0 Å². The van der Waals surface area contributed by atoms with Gasteiger partial charge in [0.1, 0.15) is 24.6 Å². The van der Waals surface area contributed by atoms with Crippen molar-refractivity contribution in [2.45, 2.75) is 142 Å². The molecule has 13 nitrogen and oxygen atoms in total. The van der Waals surface area contributed by atoms with E-state index in [9.17, 15) is 45.0 Å². The fourth-order valence-corrected chi connectivity index (χ4v) is 17.1. The number of aliphatic hydroxyl groups is 4. The van der Waals surface area contributed by atoms with E-state index in [-0.39, 0.29) is 52.9 Å². The predicted octanol–water partition coefficient (Wildman–Crippen LogP) is 3.95. The highest BCUT2D eigenvalue weighted by Crippen LogP contribution is 2.83. The van der Waals surface area contributed by atoms with Crippen molar-refractivity contribution in [1.82, 2.24) is 5.32 Å². The quantitative estimate of drug-likeness (QED) is 0.0895. The summed E-state index contributed by atoms with van der Waals surface area (Å²) in [5, 5.41) is 70.1. The van der Waals surface area contributed by atoms with E-state index < -0.39 is 81.9 Å². The number of hydrogen-bond donors (Lipinski definition) is 7. The Balaban J connectivity index is 1.29. The third-order valence-corrected chi connectivity index (χ3v) is 19.2. The lowest BCUT2D eigenvalue weighted by Gasteiger charge is -2.79. The summed E-state index contributed by atoms with van der Waals surface area (Å²) in [6.45, 7) is 12.4. The fraction of sp³-hybridized carbons (Fsp3) is 0.848. The second-order valence-electron chi connectivity index (χ2n) is 21.6. The van der Waals surface area contributed by atoms with E-state index in [2.05, 4.69) is 58.2 Å². The number of aldehydes is 1. The predicted molar refractivity (Wildman–Crippen MR) is 214 cm³/mol. The van der Waals surface area contributed by atoms with Gasteiger partial charge in [0.25, 0.3) is 0 Å². The highest BCUT2D eigenvalue weighted by atomic mass is 16.7. The van der Waals surface area contributed by atoms with E-state index >= 15 is 0 Å². The number of rotatable bonds is 11. The van der Waals surface area contributed by atoms with Crippen LogP contribution in [0, 0.1) is 73.4 Å². The van der Waals surface area contributed by atoms with Crippen LogP contribution in [-0.2, 0) is 28.6 Å². The number of nitrogens with one attached hydrogen (secondary N) is 1. The number of aliphatic carboxylic acids is 2. The van der Waals surface area contributed by atoms with Crippen LogP contribution < -0.4 is 5.32 Å². The lowest BCUT2D eigenvalue weighted by Crippen LogP contribution is -2.76. The maximum atomic E-state index is 14.2. The van der Waals surface area contributed by atoms with Gasteiger partial charge < -0.3 is 55.0 Å². The van der Waals surface area contributed by atoms with Crippen LogP contribution in [-0.4, -0.2) is 119 Å². The second-order valence-corrected chi connectivity index (χ2v) is 21.6. The molecule has 0 aromatic rings. The Morgan fingerprint density at radius 2 is 1.73 bits per heavy atom. The number of allylic oxidation sites excluding steroid dienone is 2. The third-order valence-electron chi connectivity index (χ3n) is 19.2. The Bertz CT molecular complexity index is 1770. The summed E-state index contributed by atoms with van der Waals surface area (Å²) in [7, 11) is 3.59. The Kier molecular flexibility index (Phi) is 10.6. The van der Waals surface area contributed by atoms with Crippen molar-refractivity contribution in [2.75, 3.05) is 27.3 Å². The van der Waals surface area contributed by atoms with Gasteiger partial charge in [-0.3, -0.25) is 4.79 Å². The van der Waals surface area contributed by atoms with Crippen molar-refractivity contribution in [3.8, 4) is 0 Å². The SMILES string of the molecule is CNCC1CC2C=C3C(CCC=O)(CCC4(C(=O)O)C(COC)CC5(C)CC=CC34C5O)C3(C)CCC4C(C)(C)C(OC5OC(C(=O)O)C(O)C(O)C5O)CC1C4(C)C23. The van der Waals surface area contributed by atoms with E-state index in [0.717, 1.165) is 37.7 Å². The third kappa shape index (κ3) is 5.40. The van der Waals surface area contributed by atoms with Crippen molar-refractivity contribution in [2.24, 2.45) is 73.4 Å². The molecule has 0 radical (unpaired) electrons. The second kappa shape index (κ2) is 14.4. The van der Waals surface area contributed by atoms with Crippen LogP contribution in [0.2, 0.25) is 0 Å². The number of aliphatic hydroxyl groups excluding tert-OH is 4. The normalized spacial score (nSPS) is 52.9. The van der Waals surface area contributed by atoms with Crippen molar-refractivity contribution in [1.29, 1.82) is 0 Å². The number of fused-ring (bicyclic) bond motifs is 3. The summed E-state index contributed by atoms with van der Waals surface area (Å²) in [6, 6.07) is 0. The number of carboxylic acids is 2. The van der Waals surface area contributed by atoms with Crippen LogP contribution in [0.1, 0.15) is 98.8 Å². The molecule has 1 spiro atoms. The molecular formula is C46H69NO12. The summed E-state index contributed by atoms with van der Waals surface area (Å²) in [5.41, 5.74) is -3.71. The van der Waals surface area contributed by atoms with Gasteiger partial charge in [0.05, 0.1) is 29.6 Å². The van der Waals surface area contributed by atoms with Gasteiger partial charge in [-0.25, -0.2) is 4.79 Å². The molecule has 5 saturated carbocycles. The number of carbonyl (C=O) groups excluding carboxylic acids is 1. The fourth-order valence-electron chi connectivity index (χ4n) is 17.1. The van der Waals surface area contributed by atoms with Crippen LogP contribution in [0.25, 0.3) is 0 Å². The molecule has 7 N–H and O–H groups in total. The Labute approximate surface area is 348 Å². The van der Waals surface area contributed by atoms with Crippen molar-refractivity contribution < 1.29 is 59.2 Å². The van der Waals surface area contributed by atoms with Crippen LogP contribution in [0.3, 0.4) is 0 Å². The van der Waals surface area contributed by atoms with Crippen molar-refractivity contribution in [3.05, 3.63) is 23.8 Å². The van der Waals surface area contributed by atoms with Crippen LogP contribution >= 0.6 is 0 Å². The van der Waals surface area contributed by atoms with E-state index in [0.29, 0.717) is 44.9 Å². The molecule has 330 valence electrons. The highest BCUT2D eigenvalue weighted by molar-refractivity contribution is 5.80.